The maximum atomic E-state index is 12.4. The van der Waals surface area contributed by atoms with Gasteiger partial charge in [-0.3, -0.25) is 4.79 Å². The minimum Gasteiger partial charge on any atom is -0.491 e. The molecule has 1 N–H and O–H groups in total. The van der Waals surface area contributed by atoms with Gasteiger partial charge < -0.3 is 10.1 Å². The second-order valence-corrected chi connectivity index (χ2v) is 5.60. The predicted octanol–water partition coefficient (Wildman–Crippen LogP) is 3.62. The van der Waals surface area contributed by atoms with Crippen LogP contribution >= 0.6 is 15.9 Å². The van der Waals surface area contributed by atoms with Gasteiger partial charge in [-0.2, -0.15) is 0 Å². The van der Waals surface area contributed by atoms with E-state index < -0.39 is 0 Å². The number of benzene rings is 2. The lowest BCUT2D eigenvalue weighted by Gasteiger charge is -2.13. The molecule has 0 spiro atoms. The highest BCUT2D eigenvalue weighted by Gasteiger charge is 2.26. The van der Waals surface area contributed by atoms with Gasteiger partial charge in [-0.05, 0) is 40.5 Å². The first kappa shape index (κ1) is 13.2. The van der Waals surface area contributed by atoms with E-state index in [9.17, 15) is 4.79 Å². The van der Waals surface area contributed by atoms with Crippen molar-refractivity contribution in [3.63, 3.8) is 0 Å². The zero-order valence-corrected chi connectivity index (χ0v) is 12.6. The number of halogens is 1. The van der Waals surface area contributed by atoms with Gasteiger partial charge in [0.2, 0.25) is 0 Å². The van der Waals surface area contributed by atoms with E-state index in [-0.39, 0.29) is 11.9 Å². The maximum absolute atomic E-state index is 12.4. The van der Waals surface area contributed by atoms with Gasteiger partial charge in [0.05, 0.1) is 11.6 Å². The second kappa shape index (κ2) is 5.29. The van der Waals surface area contributed by atoms with E-state index in [0.29, 0.717) is 12.2 Å². The summed E-state index contributed by atoms with van der Waals surface area (Å²) >= 11 is 3.47. The van der Waals surface area contributed by atoms with Crippen molar-refractivity contribution in [1.29, 1.82) is 0 Å². The van der Waals surface area contributed by atoms with Gasteiger partial charge in [0.1, 0.15) is 12.4 Å². The fourth-order valence-corrected chi connectivity index (χ4v) is 2.79. The molecule has 1 heterocycles. The number of rotatable bonds is 2. The molecule has 1 amide bonds. The van der Waals surface area contributed by atoms with Gasteiger partial charge in [-0.15, -0.1) is 0 Å². The summed E-state index contributed by atoms with van der Waals surface area (Å²) in [6.07, 6.45) is 0. The van der Waals surface area contributed by atoms with Gasteiger partial charge >= 0.3 is 0 Å². The predicted molar refractivity (Wildman–Crippen MR) is 81.0 cm³/mol. The van der Waals surface area contributed by atoms with Crippen molar-refractivity contribution in [1.82, 2.24) is 5.32 Å². The Labute approximate surface area is 126 Å². The summed E-state index contributed by atoms with van der Waals surface area (Å²) in [4.78, 5) is 12.4. The van der Waals surface area contributed by atoms with Gasteiger partial charge in [0.25, 0.3) is 5.91 Å². The SMILES string of the molecule is Cc1cccc(C(=O)NC2COc3ccccc32)c1Br. The molecule has 1 aliphatic heterocycles. The standard InChI is InChI=1S/C16H14BrNO2/c1-10-5-4-7-12(15(10)17)16(19)18-13-9-20-14-8-3-2-6-11(13)14/h2-8,13H,9H2,1H3,(H,18,19). The highest BCUT2D eigenvalue weighted by molar-refractivity contribution is 9.10. The largest absolute Gasteiger partial charge is 0.491 e. The van der Waals surface area contributed by atoms with E-state index in [1.807, 2.05) is 49.4 Å². The molecule has 1 aliphatic rings. The molecule has 2 aromatic rings. The van der Waals surface area contributed by atoms with Crippen LogP contribution in [-0.2, 0) is 0 Å². The van der Waals surface area contributed by atoms with Crippen LogP contribution < -0.4 is 10.1 Å². The molecule has 0 radical (unpaired) electrons. The van der Waals surface area contributed by atoms with Crippen LogP contribution in [0.1, 0.15) is 27.5 Å². The van der Waals surface area contributed by atoms with Crippen molar-refractivity contribution in [2.24, 2.45) is 0 Å². The molecule has 1 atom stereocenters. The number of amides is 1. The first-order valence-corrected chi connectivity index (χ1v) is 7.24. The molecule has 1 unspecified atom stereocenters. The molecule has 0 bridgehead atoms. The minimum absolute atomic E-state index is 0.0916. The summed E-state index contributed by atoms with van der Waals surface area (Å²) in [7, 11) is 0. The zero-order chi connectivity index (χ0) is 14.1. The lowest BCUT2D eigenvalue weighted by Crippen LogP contribution is -2.29. The number of fused-ring (bicyclic) bond motifs is 1. The molecular weight excluding hydrogens is 318 g/mol. The Morgan fingerprint density at radius 1 is 1.25 bits per heavy atom. The Kier molecular flexibility index (Phi) is 3.49. The number of para-hydroxylation sites is 1. The van der Waals surface area contributed by atoms with Crippen molar-refractivity contribution in [2.45, 2.75) is 13.0 Å². The van der Waals surface area contributed by atoms with Crippen LogP contribution in [0.4, 0.5) is 0 Å². The highest BCUT2D eigenvalue weighted by atomic mass is 79.9. The molecule has 3 rings (SSSR count). The quantitative estimate of drug-likeness (QED) is 0.912. The van der Waals surface area contributed by atoms with Crippen molar-refractivity contribution >= 4 is 21.8 Å². The normalized spacial score (nSPS) is 16.4. The molecule has 0 aliphatic carbocycles. The van der Waals surface area contributed by atoms with E-state index in [1.165, 1.54) is 0 Å². The summed E-state index contributed by atoms with van der Waals surface area (Å²) in [5, 5.41) is 3.03. The van der Waals surface area contributed by atoms with Crippen LogP contribution in [-0.4, -0.2) is 12.5 Å². The van der Waals surface area contributed by atoms with E-state index in [1.54, 1.807) is 0 Å². The van der Waals surface area contributed by atoms with Crippen LogP contribution in [0.25, 0.3) is 0 Å². The third-order valence-corrected chi connectivity index (χ3v) is 4.49. The smallest absolute Gasteiger partial charge is 0.253 e. The number of hydrogen-bond donors (Lipinski definition) is 1. The summed E-state index contributed by atoms with van der Waals surface area (Å²) in [5.41, 5.74) is 2.72. The van der Waals surface area contributed by atoms with E-state index in [0.717, 1.165) is 21.3 Å². The topological polar surface area (TPSA) is 38.3 Å². The highest BCUT2D eigenvalue weighted by Crippen LogP contribution is 2.32. The van der Waals surface area contributed by atoms with Crippen molar-refractivity contribution in [3.05, 3.63) is 63.6 Å². The molecule has 20 heavy (non-hydrogen) atoms. The molecule has 4 heteroatoms. The first-order valence-electron chi connectivity index (χ1n) is 6.44. The third-order valence-electron chi connectivity index (χ3n) is 3.44. The van der Waals surface area contributed by atoms with Gasteiger partial charge in [0.15, 0.2) is 0 Å². The van der Waals surface area contributed by atoms with Crippen LogP contribution in [0.15, 0.2) is 46.9 Å². The lowest BCUT2D eigenvalue weighted by molar-refractivity contribution is 0.0929. The van der Waals surface area contributed by atoms with Gasteiger partial charge in [-0.1, -0.05) is 30.3 Å². The number of nitrogens with one attached hydrogen (secondary N) is 1. The average molecular weight is 332 g/mol. The van der Waals surface area contributed by atoms with Crippen molar-refractivity contribution in [3.8, 4) is 5.75 Å². The number of hydrogen-bond acceptors (Lipinski definition) is 2. The Bertz CT molecular complexity index is 669. The Balaban J connectivity index is 1.83. The fourth-order valence-electron chi connectivity index (χ4n) is 2.34. The van der Waals surface area contributed by atoms with Gasteiger partial charge in [-0.25, -0.2) is 0 Å². The van der Waals surface area contributed by atoms with Crippen LogP contribution in [0.2, 0.25) is 0 Å². The summed E-state index contributed by atoms with van der Waals surface area (Å²) in [5.74, 6) is 0.756. The molecule has 0 saturated heterocycles. The number of carbonyl (C=O) groups excluding carboxylic acids is 1. The number of aryl methyl sites for hydroxylation is 1. The summed E-state index contributed by atoms with van der Waals surface area (Å²) < 4.78 is 6.41. The Morgan fingerprint density at radius 3 is 2.90 bits per heavy atom. The van der Waals surface area contributed by atoms with Crippen LogP contribution in [0.3, 0.4) is 0 Å². The third kappa shape index (κ3) is 2.31. The Hall–Kier alpha value is -1.81. The lowest BCUT2D eigenvalue weighted by atomic mass is 10.1. The fraction of sp³-hybridized carbons (Fsp3) is 0.188. The molecule has 0 fully saturated rings. The molecular formula is C16H14BrNO2. The van der Waals surface area contributed by atoms with Crippen LogP contribution in [0, 0.1) is 6.92 Å². The Morgan fingerprint density at radius 2 is 2.05 bits per heavy atom. The summed E-state index contributed by atoms with van der Waals surface area (Å²) in [6.45, 7) is 2.45. The van der Waals surface area contributed by atoms with E-state index >= 15 is 0 Å². The van der Waals surface area contributed by atoms with Gasteiger partial charge in [0, 0.05) is 10.0 Å². The number of ether oxygens (including phenoxy) is 1. The van der Waals surface area contributed by atoms with E-state index in [2.05, 4.69) is 21.2 Å². The average Bonchev–Trinajstić information content (AvgIpc) is 2.85. The summed E-state index contributed by atoms with van der Waals surface area (Å²) in [6, 6.07) is 13.4. The molecule has 0 aromatic heterocycles. The van der Waals surface area contributed by atoms with E-state index in [4.69, 9.17) is 4.74 Å². The molecule has 0 saturated carbocycles. The zero-order valence-electron chi connectivity index (χ0n) is 11.0. The van der Waals surface area contributed by atoms with Crippen LogP contribution in [0.5, 0.6) is 5.75 Å². The minimum atomic E-state index is -0.0918. The molecule has 3 nitrogen and oxygen atoms in total. The molecule has 102 valence electrons. The monoisotopic (exact) mass is 331 g/mol. The second-order valence-electron chi connectivity index (χ2n) is 4.81. The first-order chi connectivity index (χ1) is 9.66. The number of carbonyl (C=O) groups is 1. The van der Waals surface area contributed by atoms with Crippen molar-refractivity contribution in [2.75, 3.05) is 6.61 Å². The van der Waals surface area contributed by atoms with Crippen molar-refractivity contribution < 1.29 is 9.53 Å². The maximum Gasteiger partial charge on any atom is 0.253 e. The molecule has 2 aromatic carbocycles.